The third kappa shape index (κ3) is 5.00. The fourth-order valence-corrected chi connectivity index (χ4v) is 6.38. The molecular formula is C33H33N5O4. The van der Waals surface area contributed by atoms with E-state index in [1.807, 2.05) is 12.1 Å². The third-order valence-electron chi connectivity index (χ3n) is 8.62. The van der Waals surface area contributed by atoms with Crippen molar-refractivity contribution in [3.05, 3.63) is 107 Å². The van der Waals surface area contributed by atoms with Gasteiger partial charge in [-0.05, 0) is 35.2 Å². The van der Waals surface area contributed by atoms with Crippen LogP contribution in [0.1, 0.15) is 45.5 Å². The highest BCUT2D eigenvalue weighted by Gasteiger charge is 2.40. The molecular weight excluding hydrogens is 530 g/mol. The van der Waals surface area contributed by atoms with E-state index in [4.69, 9.17) is 4.74 Å². The second kappa shape index (κ2) is 11.0. The molecule has 0 spiro atoms. The van der Waals surface area contributed by atoms with E-state index in [-0.39, 0.29) is 24.4 Å². The highest BCUT2D eigenvalue weighted by Crippen LogP contribution is 2.34. The Balaban J connectivity index is 0.941. The van der Waals surface area contributed by atoms with Gasteiger partial charge in [0.25, 0.3) is 5.91 Å². The maximum Gasteiger partial charge on any atom is 0.255 e. The number of amides is 3. The molecule has 4 aliphatic heterocycles. The number of benzene rings is 3. The van der Waals surface area contributed by atoms with Crippen molar-refractivity contribution in [1.29, 1.82) is 0 Å². The van der Waals surface area contributed by atoms with E-state index in [1.54, 1.807) is 17.0 Å². The molecule has 214 valence electrons. The van der Waals surface area contributed by atoms with Gasteiger partial charge in [-0.25, -0.2) is 0 Å². The number of hydrogen-bond acceptors (Lipinski definition) is 7. The Morgan fingerprint density at radius 1 is 0.857 bits per heavy atom. The second-order valence-electron chi connectivity index (χ2n) is 11.3. The number of piperazine rings is 1. The molecule has 0 aliphatic carbocycles. The van der Waals surface area contributed by atoms with E-state index in [2.05, 4.69) is 75.2 Å². The first-order valence-corrected chi connectivity index (χ1v) is 14.5. The minimum Gasteiger partial charge on any atom is -0.489 e. The van der Waals surface area contributed by atoms with E-state index in [0.29, 0.717) is 30.9 Å². The number of hydrogen-bond donors (Lipinski definition) is 2. The van der Waals surface area contributed by atoms with Crippen molar-refractivity contribution in [3.63, 3.8) is 0 Å². The fourth-order valence-electron chi connectivity index (χ4n) is 6.38. The summed E-state index contributed by atoms with van der Waals surface area (Å²) in [6.45, 7) is 4.49. The average molecular weight is 564 g/mol. The number of nitrogens with zero attached hydrogens (tertiary/aromatic N) is 3. The van der Waals surface area contributed by atoms with E-state index in [0.717, 1.165) is 37.3 Å². The zero-order valence-corrected chi connectivity index (χ0v) is 23.3. The molecule has 2 fully saturated rings. The van der Waals surface area contributed by atoms with E-state index in [9.17, 15) is 14.4 Å². The molecule has 4 heterocycles. The molecule has 2 atom stereocenters. The largest absolute Gasteiger partial charge is 0.489 e. The normalized spacial score (nSPS) is 21.9. The highest BCUT2D eigenvalue weighted by molar-refractivity contribution is 6.05. The van der Waals surface area contributed by atoms with Crippen LogP contribution in [0.2, 0.25) is 0 Å². The predicted molar refractivity (Wildman–Crippen MR) is 157 cm³/mol. The van der Waals surface area contributed by atoms with Gasteiger partial charge in [-0.2, -0.15) is 0 Å². The van der Waals surface area contributed by atoms with E-state index >= 15 is 0 Å². The number of nitrogens with one attached hydrogen (secondary N) is 2. The quantitative estimate of drug-likeness (QED) is 0.427. The number of imide groups is 1. The Morgan fingerprint density at radius 2 is 1.67 bits per heavy atom. The van der Waals surface area contributed by atoms with Crippen molar-refractivity contribution in [2.24, 2.45) is 0 Å². The number of carbonyl (C=O) groups excluding carboxylic acids is 3. The Bertz CT molecular complexity index is 1550. The van der Waals surface area contributed by atoms with Gasteiger partial charge in [0, 0.05) is 49.9 Å². The minimum atomic E-state index is -0.641. The van der Waals surface area contributed by atoms with Gasteiger partial charge in [-0.1, -0.05) is 60.7 Å². The van der Waals surface area contributed by atoms with Crippen LogP contribution in [0.3, 0.4) is 0 Å². The Labute approximate surface area is 244 Å². The number of carbonyl (C=O) groups is 3. The molecule has 3 amide bonds. The Morgan fingerprint density at radius 3 is 2.48 bits per heavy atom. The van der Waals surface area contributed by atoms with Crippen molar-refractivity contribution >= 4 is 23.4 Å². The third-order valence-corrected chi connectivity index (χ3v) is 8.62. The van der Waals surface area contributed by atoms with Crippen LogP contribution in [-0.2, 0) is 29.3 Å². The molecule has 0 aromatic heterocycles. The number of ether oxygens (including phenoxy) is 1. The lowest BCUT2D eigenvalue weighted by Gasteiger charge is -2.40. The summed E-state index contributed by atoms with van der Waals surface area (Å²) in [6, 6.07) is 23.8. The molecule has 0 saturated carbocycles. The SMILES string of the molecule is O=C1CCC(N2Cc3c(OCc4ccc(CN5CCN6C(c7ccccc7)=CNC6C5)cc4)cccc3C2=O)C(=O)N1. The number of piperidine rings is 1. The molecule has 42 heavy (non-hydrogen) atoms. The summed E-state index contributed by atoms with van der Waals surface area (Å²) in [4.78, 5) is 43.5. The summed E-state index contributed by atoms with van der Waals surface area (Å²) in [5.41, 5.74) is 6.15. The first kappa shape index (κ1) is 26.3. The van der Waals surface area contributed by atoms with Crippen LogP contribution in [0.4, 0.5) is 0 Å². The lowest BCUT2D eigenvalue weighted by atomic mass is 10.0. The standard InChI is InChI=1S/C33H33N5O4/c39-31-14-13-27(32(40)35-31)38-19-26-25(33(38)41)7-4-8-29(26)42-21-23-11-9-22(10-12-23)18-36-15-16-37-28(17-34-30(37)20-36)24-5-2-1-3-6-24/h1-12,17,27,30,34H,13-16,18-21H2,(H,35,39,40). The minimum absolute atomic E-state index is 0.199. The predicted octanol–water partition coefficient (Wildman–Crippen LogP) is 3.07. The number of fused-ring (bicyclic) bond motifs is 2. The summed E-state index contributed by atoms with van der Waals surface area (Å²) in [7, 11) is 0. The van der Waals surface area contributed by atoms with E-state index < -0.39 is 11.9 Å². The van der Waals surface area contributed by atoms with Crippen molar-refractivity contribution < 1.29 is 19.1 Å². The molecule has 7 rings (SSSR count). The van der Waals surface area contributed by atoms with Crippen LogP contribution >= 0.6 is 0 Å². The van der Waals surface area contributed by atoms with Crippen LogP contribution in [0.5, 0.6) is 5.75 Å². The topological polar surface area (TPSA) is 94.2 Å². The maximum atomic E-state index is 13.1. The van der Waals surface area contributed by atoms with Crippen LogP contribution < -0.4 is 15.4 Å². The first-order valence-electron chi connectivity index (χ1n) is 14.5. The Kier molecular flexibility index (Phi) is 6.87. The average Bonchev–Trinajstić information content (AvgIpc) is 3.58. The van der Waals surface area contributed by atoms with Gasteiger partial charge in [0.1, 0.15) is 24.6 Å². The van der Waals surface area contributed by atoms with Gasteiger partial charge in [0.05, 0.1) is 12.2 Å². The second-order valence-corrected chi connectivity index (χ2v) is 11.3. The highest BCUT2D eigenvalue weighted by atomic mass is 16.5. The van der Waals surface area contributed by atoms with Crippen molar-refractivity contribution in [2.45, 2.75) is 44.7 Å². The molecule has 2 unspecified atom stereocenters. The van der Waals surface area contributed by atoms with Crippen LogP contribution in [0.15, 0.2) is 79.0 Å². The Hall–Kier alpha value is -4.63. The lowest BCUT2D eigenvalue weighted by molar-refractivity contribution is -0.136. The maximum absolute atomic E-state index is 13.1. The van der Waals surface area contributed by atoms with E-state index in [1.165, 1.54) is 16.8 Å². The van der Waals surface area contributed by atoms with Gasteiger partial charge < -0.3 is 19.9 Å². The molecule has 3 aromatic carbocycles. The van der Waals surface area contributed by atoms with Crippen LogP contribution in [0.25, 0.3) is 5.70 Å². The summed E-state index contributed by atoms with van der Waals surface area (Å²) in [5, 5.41) is 5.91. The zero-order chi connectivity index (χ0) is 28.6. The van der Waals surface area contributed by atoms with Crippen molar-refractivity contribution in [2.75, 3.05) is 19.6 Å². The monoisotopic (exact) mass is 563 g/mol. The molecule has 9 nitrogen and oxygen atoms in total. The van der Waals surface area contributed by atoms with Gasteiger partial charge in [0.15, 0.2) is 0 Å². The fraction of sp³-hybridized carbons (Fsp3) is 0.303. The molecule has 0 bridgehead atoms. The van der Waals surface area contributed by atoms with Crippen LogP contribution in [0, 0.1) is 0 Å². The lowest BCUT2D eigenvalue weighted by Crippen LogP contribution is -2.53. The molecule has 9 heteroatoms. The molecule has 2 N–H and O–H groups in total. The smallest absolute Gasteiger partial charge is 0.255 e. The molecule has 3 aromatic rings. The van der Waals surface area contributed by atoms with Gasteiger partial charge in [-0.15, -0.1) is 0 Å². The molecule has 4 aliphatic rings. The van der Waals surface area contributed by atoms with Gasteiger partial charge in [0.2, 0.25) is 11.8 Å². The first-order chi connectivity index (χ1) is 20.5. The molecule has 0 radical (unpaired) electrons. The van der Waals surface area contributed by atoms with Crippen LogP contribution in [-0.4, -0.2) is 64.3 Å². The summed E-state index contributed by atoms with van der Waals surface area (Å²) < 4.78 is 6.18. The van der Waals surface area contributed by atoms with Gasteiger partial charge in [-0.3, -0.25) is 24.6 Å². The van der Waals surface area contributed by atoms with Crippen molar-refractivity contribution in [3.8, 4) is 5.75 Å². The molecule has 2 saturated heterocycles. The van der Waals surface area contributed by atoms with Gasteiger partial charge >= 0.3 is 0 Å². The zero-order valence-electron chi connectivity index (χ0n) is 23.3. The number of rotatable bonds is 7. The summed E-state index contributed by atoms with van der Waals surface area (Å²) >= 11 is 0. The van der Waals surface area contributed by atoms with Crippen molar-refractivity contribution in [1.82, 2.24) is 25.3 Å². The summed E-state index contributed by atoms with van der Waals surface area (Å²) in [6.07, 6.45) is 3.00. The summed E-state index contributed by atoms with van der Waals surface area (Å²) in [5.74, 6) is -0.260.